The summed E-state index contributed by atoms with van der Waals surface area (Å²) in [6.07, 6.45) is 5.34. The molecule has 0 N–H and O–H groups in total. The van der Waals surface area contributed by atoms with Gasteiger partial charge in [0.1, 0.15) is 12.7 Å². The zero-order valence-corrected chi connectivity index (χ0v) is 10.7. The van der Waals surface area contributed by atoms with E-state index in [1.165, 1.54) is 6.26 Å². The molecule has 0 spiro atoms. The van der Waals surface area contributed by atoms with E-state index in [9.17, 15) is 4.79 Å². The highest BCUT2D eigenvalue weighted by molar-refractivity contribution is 5.69. The summed E-state index contributed by atoms with van der Waals surface area (Å²) in [5.41, 5.74) is 0.977. The number of ether oxygens (including phenoxy) is 2. The average Bonchev–Trinajstić information content (AvgIpc) is 2.47. The standard InChI is InChI=1S/C15H17NO3/c1-2-18-14-8-10-16(11-9-14)15(17)19-12-13-6-4-3-5-7-13/h2-8,10,14H,1,9,11-12H2. The quantitative estimate of drug-likeness (QED) is 0.780. The summed E-state index contributed by atoms with van der Waals surface area (Å²) in [6.45, 7) is 4.38. The number of rotatable bonds is 4. The van der Waals surface area contributed by atoms with Crippen LogP contribution >= 0.6 is 0 Å². The van der Waals surface area contributed by atoms with Crippen molar-refractivity contribution in [1.29, 1.82) is 0 Å². The molecule has 4 heteroatoms. The fourth-order valence-corrected chi connectivity index (χ4v) is 1.83. The van der Waals surface area contributed by atoms with E-state index in [-0.39, 0.29) is 18.8 Å². The van der Waals surface area contributed by atoms with Gasteiger partial charge < -0.3 is 9.47 Å². The Bertz CT molecular complexity index is 456. The van der Waals surface area contributed by atoms with E-state index in [1.807, 2.05) is 36.4 Å². The Balaban J connectivity index is 1.81. The topological polar surface area (TPSA) is 38.8 Å². The average molecular weight is 259 g/mol. The summed E-state index contributed by atoms with van der Waals surface area (Å²) in [5.74, 6) is 0. The largest absolute Gasteiger partial charge is 0.494 e. The molecule has 0 saturated carbocycles. The van der Waals surface area contributed by atoms with Crippen LogP contribution in [0.3, 0.4) is 0 Å². The summed E-state index contributed by atoms with van der Waals surface area (Å²) in [4.78, 5) is 13.4. The molecule has 0 fully saturated rings. The SMILES string of the molecule is C=COC1C=CN(C(=O)OCc2ccccc2)CC1. The summed E-state index contributed by atoms with van der Waals surface area (Å²) < 4.78 is 10.5. The molecule has 1 aliphatic heterocycles. The van der Waals surface area contributed by atoms with Crippen LogP contribution in [0, 0.1) is 0 Å². The highest BCUT2D eigenvalue weighted by atomic mass is 16.6. The first-order valence-corrected chi connectivity index (χ1v) is 6.21. The van der Waals surface area contributed by atoms with Crippen molar-refractivity contribution in [3.8, 4) is 0 Å². The monoisotopic (exact) mass is 259 g/mol. The first-order valence-electron chi connectivity index (χ1n) is 6.21. The molecule has 1 aliphatic rings. The lowest BCUT2D eigenvalue weighted by Gasteiger charge is -2.25. The van der Waals surface area contributed by atoms with Crippen molar-refractivity contribution < 1.29 is 14.3 Å². The summed E-state index contributed by atoms with van der Waals surface area (Å²) >= 11 is 0. The van der Waals surface area contributed by atoms with E-state index < -0.39 is 0 Å². The molecule has 4 nitrogen and oxygen atoms in total. The molecule has 0 saturated heterocycles. The van der Waals surface area contributed by atoms with Gasteiger partial charge in [-0.2, -0.15) is 0 Å². The smallest absolute Gasteiger partial charge is 0.414 e. The Labute approximate surface area is 112 Å². The van der Waals surface area contributed by atoms with Gasteiger partial charge in [-0.15, -0.1) is 0 Å². The minimum Gasteiger partial charge on any atom is -0.494 e. The second-order valence-corrected chi connectivity index (χ2v) is 4.20. The van der Waals surface area contributed by atoms with Crippen molar-refractivity contribution in [2.75, 3.05) is 6.54 Å². The number of hydrogen-bond acceptors (Lipinski definition) is 3. The lowest BCUT2D eigenvalue weighted by Crippen LogP contribution is -2.33. The lowest BCUT2D eigenvalue weighted by atomic mass is 10.2. The van der Waals surface area contributed by atoms with Crippen LogP contribution in [0.15, 0.2) is 55.4 Å². The second-order valence-electron chi connectivity index (χ2n) is 4.20. The maximum atomic E-state index is 11.8. The van der Waals surface area contributed by atoms with Crippen LogP contribution in [0.5, 0.6) is 0 Å². The van der Waals surface area contributed by atoms with E-state index in [0.29, 0.717) is 6.54 Å². The van der Waals surface area contributed by atoms with Crippen molar-refractivity contribution in [3.63, 3.8) is 0 Å². The molecule has 2 rings (SSSR count). The fraction of sp³-hybridized carbons (Fsp3) is 0.267. The third kappa shape index (κ3) is 3.88. The van der Waals surface area contributed by atoms with Crippen LogP contribution in [-0.4, -0.2) is 23.6 Å². The van der Waals surface area contributed by atoms with Gasteiger partial charge in [-0.3, -0.25) is 4.90 Å². The minimum atomic E-state index is -0.336. The Hall–Kier alpha value is -2.23. The highest BCUT2D eigenvalue weighted by Crippen LogP contribution is 2.12. The normalized spacial score (nSPS) is 17.9. The Morgan fingerprint density at radius 3 is 2.84 bits per heavy atom. The lowest BCUT2D eigenvalue weighted by molar-refractivity contribution is 0.0975. The van der Waals surface area contributed by atoms with Gasteiger partial charge in [0, 0.05) is 19.2 Å². The predicted molar refractivity (Wildman–Crippen MR) is 72.2 cm³/mol. The fourth-order valence-electron chi connectivity index (χ4n) is 1.83. The minimum absolute atomic E-state index is 0.00401. The summed E-state index contributed by atoms with van der Waals surface area (Å²) in [6, 6.07) is 9.61. The number of carbonyl (C=O) groups excluding carboxylic acids is 1. The highest BCUT2D eigenvalue weighted by Gasteiger charge is 2.19. The number of nitrogens with zero attached hydrogens (tertiary/aromatic N) is 1. The van der Waals surface area contributed by atoms with Crippen molar-refractivity contribution in [2.45, 2.75) is 19.1 Å². The molecule has 0 bridgehead atoms. The summed E-state index contributed by atoms with van der Waals surface area (Å²) in [5, 5.41) is 0. The van der Waals surface area contributed by atoms with Crippen molar-refractivity contribution in [2.24, 2.45) is 0 Å². The first-order chi connectivity index (χ1) is 9.29. The molecule has 0 aliphatic carbocycles. The molecular formula is C15H17NO3. The van der Waals surface area contributed by atoms with Gasteiger partial charge in [-0.25, -0.2) is 4.79 Å². The molecule has 1 aromatic carbocycles. The molecule has 1 unspecified atom stereocenters. The van der Waals surface area contributed by atoms with Gasteiger partial charge in [-0.1, -0.05) is 36.9 Å². The molecule has 19 heavy (non-hydrogen) atoms. The van der Waals surface area contributed by atoms with Crippen LogP contribution < -0.4 is 0 Å². The number of benzene rings is 1. The molecule has 100 valence electrons. The first kappa shape index (κ1) is 13.2. The van der Waals surface area contributed by atoms with Gasteiger partial charge in [0.25, 0.3) is 0 Å². The molecule has 1 heterocycles. The second kappa shape index (κ2) is 6.64. The maximum absolute atomic E-state index is 11.8. The third-order valence-electron chi connectivity index (χ3n) is 2.85. The molecule has 0 aromatic heterocycles. The number of carbonyl (C=O) groups is 1. The van der Waals surface area contributed by atoms with Crippen molar-refractivity contribution in [3.05, 3.63) is 61.0 Å². The van der Waals surface area contributed by atoms with Crippen LogP contribution in [0.4, 0.5) is 4.79 Å². The van der Waals surface area contributed by atoms with Crippen molar-refractivity contribution >= 4 is 6.09 Å². The zero-order valence-electron chi connectivity index (χ0n) is 10.7. The van der Waals surface area contributed by atoms with Crippen LogP contribution in [0.25, 0.3) is 0 Å². The molecular weight excluding hydrogens is 242 g/mol. The Kier molecular flexibility index (Phi) is 4.61. The van der Waals surface area contributed by atoms with E-state index in [0.717, 1.165) is 12.0 Å². The van der Waals surface area contributed by atoms with Crippen LogP contribution in [-0.2, 0) is 16.1 Å². The van der Waals surface area contributed by atoms with Gasteiger partial charge in [0.05, 0.1) is 6.26 Å². The Morgan fingerprint density at radius 2 is 2.21 bits per heavy atom. The van der Waals surface area contributed by atoms with Gasteiger partial charge in [-0.05, 0) is 11.6 Å². The maximum Gasteiger partial charge on any atom is 0.414 e. The number of hydrogen-bond donors (Lipinski definition) is 0. The van der Waals surface area contributed by atoms with Gasteiger partial charge in [0.2, 0.25) is 0 Å². The molecule has 1 aromatic rings. The van der Waals surface area contributed by atoms with E-state index in [2.05, 4.69) is 6.58 Å². The van der Waals surface area contributed by atoms with Crippen LogP contribution in [0.1, 0.15) is 12.0 Å². The van der Waals surface area contributed by atoms with Crippen molar-refractivity contribution in [1.82, 2.24) is 4.90 Å². The number of amides is 1. The van der Waals surface area contributed by atoms with E-state index >= 15 is 0 Å². The molecule has 1 atom stereocenters. The van der Waals surface area contributed by atoms with Gasteiger partial charge in [0.15, 0.2) is 0 Å². The van der Waals surface area contributed by atoms with E-state index in [1.54, 1.807) is 11.1 Å². The van der Waals surface area contributed by atoms with Gasteiger partial charge >= 0.3 is 6.09 Å². The Morgan fingerprint density at radius 1 is 1.42 bits per heavy atom. The predicted octanol–water partition coefficient (Wildman–Crippen LogP) is 3.07. The molecule has 0 radical (unpaired) electrons. The van der Waals surface area contributed by atoms with E-state index in [4.69, 9.17) is 9.47 Å². The van der Waals surface area contributed by atoms with Crippen LogP contribution in [0.2, 0.25) is 0 Å². The third-order valence-corrected chi connectivity index (χ3v) is 2.85. The molecule has 1 amide bonds. The summed E-state index contributed by atoms with van der Waals surface area (Å²) in [7, 11) is 0. The zero-order chi connectivity index (χ0) is 13.5.